The first-order valence-electron chi connectivity index (χ1n) is 7.42. The lowest BCUT2D eigenvalue weighted by Gasteiger charge is -2.26. The number of rotatable bonds is 3. The number of benzene rings is 1. The lowest BCUT2D eigenvalue weighted by Crippen LogP contribution is -2.47. The quantitative estimate of drug-likeness (QED) is 0.857. The minimum atomic E-state index is -0.643. The first-order valence-corrected chi connectivity index (χ1v) is 7.42. The van der Waals surface area contributed by atoms with E-state index in [1.165, 1.54) is 0 Å². The van der Waals surface area contributed by atoms with Crippen molar-refractivity contribution in [1.82, 2.24) is 5.32 Å². The van der Waals surface area contributed by atoms with Crippen LogP contribution in [0.4, 0.5) is 0 Å². The first-order chi connectivity index (χ1) is 9.65. The molecule has 0 aliphatic heterocycles. The fraction of sp³-hybridized carbons (Fsp3) is 0.529. The summed E-state index contributed by atoms with van der Waals surface area (Å²) in [6.45, 7) is 2.01. The topological polar surface area (TPSA) is 52.9 Å². The van der Waals surface area contributed by atoms with Gasteiger partial charge in [0.25, 0.3) is 0 Å². The molecule has 0 spiro atoms. The summed E-state index contributed by atoms with van der Waals surface area (Å²) in [6, 6.07) is 10.3. The SMILES string of the molecule is Cc1ccccc1CC(=O)NC1(C#N)CCCCCC1. The molecule has 106 valence electrons. The molecule has 0 saturated heterocycles. The number of nitrogens with zero attached hydrogens (tertiary/aromatic N) is 1. The number of hydrogen-bond donors (Lipinski definition) is 1. The molecule has 0 atom stereocenters. The molecule has 1 saturated carbocycles. The summed E-state index contributed by atoms with van der Waals surface area (Å²) < 4.78 is 0. The highest BCUT2D eigenvalue weighted by Gasteiger charge is 2.32. The standard InChI is InChI=1S/C17H22N2O/c1-14-8-4-5-9-15(14)12-16(20)19-17(13-18)10-6-2-3-7-11-17/h4-5,8-9H,2-3,6-7,10-12H2,1H3,(H,19,20). The zero-order chi connectivity index (χ0) is 14.4. The number of hydrogen-bond acceptors (Lipinski definition) is 2. The van der Waals surface area contributed by atoms with Gasteiger partial charge in [-0.2, -0.15) is 5.26 Å². The fourth-order valence-electron chi connectivity index (χ4n) is 2.89. The largest absolute Gasteiger partial charge is 0.338 e. The summed E-state index contributed by atoms with van der Waals surface area (Å²) >= 11 is 0. The number of nitriles is 1. The normalized spacial score (nSPS) is 17.8. The molecule has 1 aromatic carbocycles. The molecule has 20 heavy (non-hydrogen) atoms. The molecule has 0 bridgehead atoms. The Morgan fingerprint density at radius 3 is 2.50 bits per heavy atom. The summed E-state index contributed by atoms with van der Waals surface area (Å²) in [6.07, 6.45) is 6.30. The summed E-state index contributed by atoms with van der Waals surface area (Å²) in [5.74, 6) is -0.0391. The fourth-order valence-corrected chi connectivity index (χ4v) is 2.89. The molecule has 1 amide bonds. The number of carbonyl (C=O) groups excluding carboxylic acids is 1. The van der Waals surface area contributed by atoms with Crippen LogP contribution in [0.3, 0.4) is 0 Å². The Balaban J connectivity index is 2.03. The van der Waals surface area contributed by atoms with Crippen LogP contribution in [0.2, 0.25) is 0 Å². The third kappa shape index (κ3) is 3.60. The molecule has 2 rings (SSSR count). The number of nitrogens with one attached hydrogen (secondary N) is 1. The van der Waals surface area contributed by atoms with Gasteiger partial charge >= 0.3 is 0 Å². The summed E-state index contributed by atoms with van der Waals surface area (Å²) in [5.41, 5.74) is 1.51. The number of carbonyl (C=O) groups is 1. The minimum Gasteiger partial charge on any atom is -0.338 e. The maximum absolute atomic E-state index is 12.2. The maximum Gasteiger partial charge on any atom is 0.225 e. The average Bonchev–Trinajstić information content (AvgIpc) is 2.67. The lowest BCUT2D eigenvalue weighted by molar-refractivity contribution is -0.121. The predicted molar refractivity (Wildman–Crippen MR) is 79.1 cm³/mol. The van der Waals surface area contributed by atoms with E-state index in [4.69, 9.17) is 0 Å². The van der Waals surface area contributed by atoms with Crippen LogP contribution in [0.25, 0.3) is 0 Å². The number of aryl methyl sites for hydroxylation is 1. The Morgan fingerprint density at radius 1 is 1.25 bits per heavy atom. The molecule has 1 aliphatic carbocycles. The van der Waals surface area contributed by atoms with Gasteiger partial charge in [-0.3, -0.25) is 4.79 Å². The summed E-state index contributed by atoms with van der Waals surface area (Å²) in [5, 5.41) is 12.5. The predicted octanol–water partition coefficient (Wildman–Crippen LogP) is 3.27. The molecule has 0 aromatic heterocycles. The monoisotopic (exact) mass is 270 g/mol. The highest BCUT2D eigenvalue weighted by Crippen LogP contribution is 2.26. The second kappa shape index (κ2) is 6.56. The van der Waals surface area contributed by atoms with Gasteiger partial charge < -0.3 is 5.32 Å². The maximum atomic E-state index is 12.2. The van der Waals surface area contributed by atoms with Gasteiger partial charge in [0.15, 0.2) is 0 Å². The summed E-state index contributed by atoms with van der Waals surface area (Å²) in [4.78, 5) is 12.2. The molecule has 1 aliphatic rings. The Kier molecular flexibility index (Phi) is 4.79. The van der Waals surface area contributed by atoms with Crippen molar-refractivity contribution in [3.63, 3.8) is 0 Å². The summed E-state index contributed by atoms with van der Waals surface area (Å²) in [7, 11) is 0. The van der Waals surface area contributed by atoms with Gasteiger partial charge in [0.2, 0.25) is 5.91 Å². The van der Waals surface area contributed by atoms with Gasteiger partial charge in [0.05, 0.1) is 12.5 Å². The van der Waals surface area contributed by atoms with E-state index in [0.29, 0.717) is 6.42 Å². The van der Waals surface area contributed by atoms with Crippen LogP contribution in [0, 0.1) is 18.3 Å². The zero-order valence-corrected chi connectivity index (χ0v) is 12.1. The molecule has 1 aromatic rings. The van der Waals surface area contributed by atoms with E-state index in [0.717, 1.165) is 49.7 Å². The van der Waals surface area contributed by atoms with Crippen LogP contribution >= 0.6 is 0 Å². The molecule has 3 nitrogen and oxygen atoms in total. The Hall–Kier alpha value is -1.82. The van der Waals surface area contributed by atoms with Gasteiger partial charge in [-0.1, -0.05) is 49.9 Å². The Labute approximate surface area is 121 Å². The van der Waals surface area contributed by atoms with E-state index in [-0.39, 0.29) is 5.91 Å². The van der Waals surface area contributed by atoms with E-state index in [9.17, 15) is 10.1 Å². The van der Waals surface area contributed by atoms with E-state index in [2.05, 4.69) is 11.4 Å². The van der Waals surface area contributed by atoms with Crippen LogP contribution in [0.15, 0.2) is 24.3 Å². The van der Waals surface area contributed by atoms with Crippen LogP contribution < -0.4 is 5.32 Å². The van der Waals surface area contributed by atoms with Crippen molar-refractivity contribution in [2.75, 3.05) is 0 Å². The van der Waals surface area contributed by atoms with Crippen molar-refractivity contribution in [3.05, 3.63) is 35.4 Å². The highest BCUT2D eigenvalue weighted by atomic mass is 16.1. The van der Waals surface area contributed by atoms with Crippen molar-refractivity contribution in [1.29, 1.82) is 5.26 Å². The van der Waals surface area contributed by atoms with Crippen LogP contribution in [0.1, 0.15) is 49.7 Å². The zero-order valence-electron chi connectivity index (χ0n) is 12.1. The van der Waals surface area contributed by atoms with E-state index in [1.54, 1.807) is 0 Å². The van der Waals surface area contributed by atoms with Crippen molar-refractivity contribution >= 4 is 5.91 Å². The van der Waals surface area contributed by atoms with E-state index in [1.807, 2.05) is 31.2 Å². The molecular formula is C17H22N2O. The van der Waals surface area contributed by atoms with Crippen molar-refractivity contribution in [2.45, 2.75) is 57.4 Å². The third-order valence-corrected chi connectivity index (χ3v) is 4.16. The molecule has 0 unspecified atom stereocenters. The second-order valence-corrected chi connectivity index (χ2v) is 5.76. The number of amides is 1. The second-order valence-electron chi connectivity index (χ2n) is 5.76. The van der Waals surface area contributed by atoms with Gasteiger partial charge in [0, 0.05) is 0 Å². The molecule has 3 heteroatoms. The molecule has 0 radical (unpaired) electrons. The Bertz CT molecular complexity index is 508. The van der Waals surface area contributed by atoms with Gasteiger partial charge in [-0.15, -0.1) is 0 Å². The minimum absolute atomic E-state index is 0.0391. The molecule has 1 N–H and O–H groups in total. The molecule has 1 fully saturated rings. The van der Waals surface area contributed by atoms with Gasteiger partial charge in [-0.25, -0.2) is 0 Å². The third-order valence-electron chi connectivity index (χ3n) is 4.16. The van der Waals surface area contributed by atoms with Crippen molar-refractivity contribution in [2.24, 2.45) is 0 Å². The Morgan fingerprint density at radius 2 is 1.90 bits per heavy atom. The van der Waals surface area contributed by atoms with Gasteiger partial charge in [0.1, 0.15) is 5.54 Å². The first kappa shape index (κ1) is 14.6. The van der Waals surface area contributed by atoms with Crippen LogP contribution in [-0.4, -0.2) is 11.4 Å². The van der Waals surface area contributed by atoms with E-state index < -0.39 is 5.54 Å². The lowest BCUT2D eigenvalue weighted by atomic mass is 9.91. The average molecular weight is 270 g/mol. The van der Waals surface area contributed by atoms with Crippen molar-refractivity contribution < 1.29 is 4.79 Å². The van der Waals surface area contributed by atoms with Crippen LogP contribution in [0.5, 0.6) is 0 Å². The smallest absolute Gasteiger partial charge is 0.225 e. The van der Waals surface area contributed by atoms with Crippen LogP contribution in [-0.2, 0) is 11.2 Å². The van der Waals surface area contributed by atoms with Crippen molar-refractivity contribution in [3.8, 4) is 6.07 Å². The molecular weight excluding hydrogens is 248 g/mol. The molecule has 0 heterocycles. The van der Waals surface area contributed by atoms with Gasteiger partial charge in [-0.05, 0) is 30.9 Å². The highest BCUT2D eigenvalue weighted by molar-refractivity contribution is 5.80. The van der Waals surface area contributed by atoms with E-state index >= 15 is 0 Å².